The monoisotopic (exact) mass is 520 g/mol. The van der Waals surface area contributed by atoms with Gasteiger partial charge in [-0.3, -0.25) is 14.7 Å². The second-order valence-corrected chi connectivity index (χ2v) is 5.31. The summed E-state index contributed by atoms with van der Waals surface area (Å²) in [6, 6.07) is 9.61. The number of alkyl halides is 6. The number of nitrogens with zero attached hydrogens (tertiary/aromatic N) is 2. The number of aliphatic hydroxyl groups is 1. The maximum atomic E-state index is 11.7. The number of hydrogen-bond acceptors (Lipinski definition) is 3. The minimum Gasteiger partial charge on any atom is -0.374 e. The van der Waals surface area contributed by atoms with Crippen LogP contribution in [0.2, 0.25) is 0 Å². The third kappa shape index (κ3) is 16.2. The number of benzene rings is 1. The summed E-state index contributed by atoms with van der Waals surface area (Å²) in [7, 11) is 0. The lowest BCUT2D eigenvalue weighted by Crippen LogP contribution is -2.54. The third-order valence-electron chi connectivity index (χ3n) is 3.36. The third-order valence-corrected chi connectivity index (χ3v) is 3.36. The number of rotatable bonds is 1. The van der Waals surface area contributed by atoms with Crippen LogP contribution in [0.15, 0.2) is 35.3 Å². The van der Waals surface area contributed by atoms with E-state index in [1.54, 1.807) is 4.90 Å². The highest BCUT2D eigenvalue weighted by atomic mass is 19.4. The van der Waals surface area contributed by atoms with Gasteiger partial charge in [-0.25, -0.2) is 0 Å². The molecule has 0 saturated heterocycles. The summed E-state index contributed by atoms with van der Waals surface area (Å²) in [6.45, 7) is 22.1. The van der Waals surface area contributed by atoms with E-state index in [0.717, 1.165) is 11.5 Å². The average molecular weight is 521 g/mol. The highest BCUT2D eigenvalue weighted by Gasteiger charge is 2.67. The van der Waals surface area contributed by atoms with Gasteiger partial charge < -0.3 is 5.11 Å². The average Bonchev–Trinajstić information content (AvgIpc) is 2.85. The summed E-state index contributed by atoms with van der Waals surface area (Å²) in [5.74, 6) is 0.913. The maximum absolute atomic E-state index is 11.7. The van der Waals surface area contributed by atoms with Gasteiger partial charge in [-0.2, -0.15) is 26.3 Å². The molecule has 0 aliphatic carbocycles. The number of amides is 1. The molecule has 0 aromatic heterocycles. The second kappa shape index (κ2) is 23.6. The Labute approximate surface area is 208 Å². The number of anilines is 1. The summed E-state index contributed by atoms with van der Waals surface area (Å²) in [6.07, 6.45) is -10.9. The van der Waals surface area contributed by atoms with Crippen LogP contribution in [-0.4, -0.2) is 41.3 Å². The van der Waals surface area contributed by atoms with Crippen molar-refractivity contribution in [1.29, 1.82) is 0 Å². The number of carbonyl (C=O) groups excluding carboxylic acids is 1. The van der Waals surface area contributed by atoms with Gasteiger partial charge in [0, 0.05) is 13.0 Å². The van der Waals surface area contributed by atoms with Gasteiger partial charge in [0.25, 0.3) is 5.60 Å². The lowest BCUT2D eigenvalue weighted by molar-refractivity contribution is -0.360. The zero-order valence-electron chi connectivity index (χ0n) is 23.3. The smallest absolute Gasteiger partial charge is 0.374 e. The van der Waals surface area contributed by atoms with Crippen molar-refractivity contribution in [3.8, 4) is 0 Å². The molecule has 10 heteroatoms. The molecule has 2 rings (SSSR count). The number of para-hydroxylation sites is 1. The highest BCUT2D eigenvalue weighted by molar-refractivity contribution is 6.17. The molecular weight excluding hydrogens is 474 g/mol. The van der Waals surface area contributed by atoms with Gasteiger partial charge >= 0.3 is 12.4 Å². The van der Waals surface area contributed by atoms with Gasteiger partial charge in [0.1, 0.15) is 5.84 Å². The first-order valence-electron chi connectivity index (χ1n) is 12.0. The van der Waals surface area contributed by atoms with Gasteiger partial charge in [0.2, 0.25) is 5.91 Å². The molecule has 0 atom stereocenters. The van der Waals surface area contributed by atoms with Gasteiger partial charge in [0.15, 0.2) is 0 Å². The van der Waals surface area contributed by atoms with E-state index in [1.165, 1.54) is 0 Å². The highest BCUT2D eigenvalue weighted by Crippen LogP contribution is 2.42. The zero-order valence-corrected chi connectivity index (χ0v) is 23.3. The van der Waals surface area contributed by atoms with E-state index in [1.807, 2.05) is 106 Å². The van der Waals surface area contributed by atoms with E-state index in [2.05, 4.69) is 4.99 Å². The van der Waals surface area contributed by atoms with Gasteiger partial charge in [0.05, 0.1) is 5.69 Å². The quantitative estimate of drug-likeness (QED) is 0.376. The molecular formula is C25H46F6N2O2. The number of amidine groups is 1. The van der Waals surface area contributed by atoms with Gasteiger partial charge in [-0.05, 0) is 26.0 Å². The molecule has 0 unspecified atom stereocenters. The predicted octanol–water partition coefficient (Wildman–Crippen LogP) is 8.83. The Hall–Kier alpha value is -2.10. The molecule has 4 nitrogen and oxygen atoms in total. The largest absolute Gasteiger partial charge is 0.425 e. The number of hydrogen-bond donors (Lipinski definition) is 1. The standard InChI is InChI=1S/C11H12N2O.C4H4F6O.5C2H6/c1-9-12-8-7-11(14)13(9)10-5-3-2-4-6-10;1-2(11,3(5,6)7)4(8,9)10;5*1-2/h2-6H,7-8H2,1H3;11H,1H3;5*1-2H3. The summed E-state index contributed by atoms with van der Waals surface area (Å²) in [5, 5.41) is 7.94. The second-order valence-electron chi connectivity index (χ2n) is 5.31. The van der Waals surface area contributed by atoms with Crippen molar-refractivity contribution in [2.75, 3.05) is 11.4 Å². The number of carbonyl (C=O) groups is 1. The minimum absolute atomic E-state index is 0.128. The van der Waals surface area contributed by atoms with Crippen molar-refractivity contribution >= 4 is 17.4 Å². The minimum atomic E-state index is -5.69. The first-order chi connectivity index (χ1) is 16.3. The summed E-state index contributed by atoms with van der Waals surface area (Å²) in [4.78, 5) is 17.6. The molecule has 0 bridgehead atoms. The number of halogens is 6. The van der Waals surface area contributed by atoms with Crippen LogP contribution in [0.1, 0.15) is 89.5 Å². The van der Waals surface area contributed by atoms with Crippen LogP contribution < -0.4 is 4.90 Å². The van der Waals surface area contributed by atoms with E-state index in [4.69, 9.17) is 5.11 Å². The van der Waals surface area contributed by atoms with Crippen LogP contribution in [0.3, 0.4) is 0 Å². The Morgan fingerprint density at radius 2 is 1.11 bits per heavy atom. The fraction of sp³-hybridized carbons (Fsp3) is 0.680. The SMILES string of the molecule is CC.CC.CC.CC.CC.CC(O)(C(F)(F)F)C(F)(F)F.CC1=NCCC(=O)N1c1ccccc1. The predicted molar refractivity (Wildman–Crippen MR) is 136 cm³/mol. The Bertz CT molecular complexity index is 613. The molecule has 0 spiro atoms. The number of aliphatic imine (C=N–C) groups is 1. The fourth-order valence-electron chi connectivity index (χ4n) is 1.74. The normalized spacial score (nSPS) is 12.4. The van der Waals surface area contributed by atoms with Crippen molar-refractivity contribution < 1.29 is 36.2 Å². The molecule has 1 aliphatic rings. The Morgan fingerprint density at radius 1 is 0.771 bits per heavy atom. The van der Waals surface area contributed by atoms with Crippen LogP contribution in [0.5, 0.6) is 0 Å². The molecule has 0 fully saturated rings. The van der Waals surface area contributed by atoms with E-state index >= 15 is 0 Å². The van der Waals surface area contributed by atoms with Crippen LogP contribution in [0.4, 0.5) is 32.0 Å². The van der Waals surface area contributed by atoms with E-state index in [-0.39, 0.29) is 12.8 Å². The van der Waals surface area contributed by atoms with Gasteiger partial charge in [-0.15, -0.1) is 0 Å². The van der Waals surface area contributed by atoms with Crippen LogP contribution in [-0.2, 0) is 4.79 Å². The van der Waals surface area contributed by atoms with Crippen LogP contribution >= 0.6 is 0 Å². The molecule has 210 valence electrons. The molecule has 1 amide bonds. The lowest BCUT2D eigenvalue weighted by Gasteiger charge is -2.28. The van der Waals surface area contributed by atoms with Crippen molar-refractivity contribution in [3.05, 3.63) is 30.3 Å². The molecule has 1 aromatic carbocycles. The summed E-state index contributed by atoms with van der Waals surface area (Å²) >= 11 is 0. The molecule has 0 radical (unpaired) electrons. The van der Waals surface area contributed by atoms with Crippen LogP contribution in [0, 0.1) is 0 Å². The molecule has 1 aliphatic heterocycles. The topological polar surface area (TPSA) is 52.9 Å². The van der Waals surface area contributed by atoms with Crippen LogP contribution in [0.25, 0.3) is 0 Å². The Balaban J connectivity index is -0.000000128. The molecule has 1 heterocycles. The zero-order chi connectivity index (χ0) is 29.5. The van der Waals surface area contributed by atoms with Crippen molar-refractivity contribution in [2.24, 2.45) is 4.99 Å². The van der Waals surface area contributed by atoms with Crippen molar-refractivity contribution in [3.63, 3.8) is 0 Å². The first-order valence-corrected chi connectivity index (χ1v) is 12.0. The molecule has 35 heavy (non-hydrogen) atoms. The molecule has 1 aromatic rings. The van der Waals surface area contributed by atoms with Crippen molar-refractivity contribution in [2.45, 2.75) is 107 Å². The van der Waals surface area contributed by atoms with E-state index in [9.17, 15) is 31.1 Å². The first kappa shape index (κ1) is 43.0. The van der Waals surface area contributed by atoms with Crippen molar-refractivity contribution in [1.82, 2.24) is 0 Å². The van der Waals surface area contributed by atoms with E-state index in [0.29, 0.717) is 13.0 Å². The maximum Gasteiger partial charge on any atom is 0.425 e. The molecule has 1 N–H and O–H groups in total. The Kier molecular flexibility index (Phi) is 29.0. The fourth-order valence-corrected chi connectivity index (χ4v) is 1.74. The van der Waals surface area contributed by atoms with E-state index < -0.39 is 18.0 Å². The summed E-state index contributed by atoms with van der Waals surface area (Å²) in [5.41, 5.74) is -3.72. The summed E-state index contributed by atoms with van der Waals surface area (Å²) < 4.78 is 68.2. The van der Waals surface area contributed by atoms with Gasteiger partial charge in [-0.1, -0.05) is 87.4 Å². The molecule has 0 saturated carbocycles. The Morgan fingerprint density at radius 3 is 1.37 bits per heavy atom. The lowest BCUT2D eigenvalue weighted by atomic mass is 10.1.